The van der Waals surface area contributed by atoms with E-state index in [9.17, 15) is 0 Å². The van der Waals surface area contributed by atoms with Crippen molar-refractivity contribution in [3.05, 3.63) is 0 Å². The van der Waals surface area contributed by atoms with E-state index in [0.29, 0.717) is 4.32 Å². The van der Waals surface area contributed by atoms with E-state index in [-0.39, 0.29) is 0 Å². The second-order valence-corrected chi connectivity index (χ2v) is 7.11. The van der Waals surface area contributed by atoms with E-state index in [0.717, 1.165) is 6.54 Å². The molecule has 0 aliphatic heterocycles. The monoisotopic (exact) mass is 367 g/mol. The number of halogens is 1. The second kappa shape index (κ2) is 16.8. The third-order valence-corrected chi connectivity index (χ3v) is 4.20. The Kier molecular flexibility index (Phi) is 17.4. The number of nitrogens with one attached hydrogen (secondary N) is 1. The highest BCUT2D eigenvalue weighted by Gasteiger charge is 1.94. The maximum Gasteiger partial charge on any atom is 0.130 e. The van der Waals surface area contributed by atoms with Crippen molar-refractivity contribution in [3.63, 3.8) is 0 Å². The summed E-state index contributed by atoms with van der Waals surface area (Å²) in [5.41, 5.74) is 0. The van der Waals surface area contributed by atoms with Crippen molar-refractivity contribution >= 4 is 45.1 Å². The van der Waals surface area contributed by atoms with E-state index in [1.165, 1.54) is 82.4 Å². The third kappa shape index (κ3) is 18.7. The van der Waals surface area contributed by atoms with Gasteiger partial charge in [-0.1, -0.05) is 92.4 Å². The predicted molar refractivity (Wildman–Crippen MR) is 98.8 cm³/mol. The average Bonchev–Trinajstić information content (AvgIpc) is 2.39. The number of thiocarbonyl (C=S) groups is 1. The molecule has 0 rings (SSSR count). The lowest BCUT2D eigenvalue weighted by atomic mass is 10.1. The molecule has 0 fully saturated rings. The van der Waals surface area contributed by atoms with E-state index in [2.05, 4.69) is 33.9 Å². The van der Waals surface area contributed by atoms with Crippen LogP contribution in [0.5, 0.6) is 0 Å². The molecule has 0 amide bonds. The highest BCUT2D eigenvalue weighted by molar-refractivity contribution is 9.09. The number of unbranched alkanes of at least 4 members (excludes halogenated alkanes) is 11. The molecular formula is C15H30BrNS2. The van der Waals surface area contributed by atoms with E-state index in [4.69, 9.17) is 12.2 Å². The van der Waals surface area contributed by atoms with Crippen molar-refractivity contribution in [1.29, 1.82) is 0 Å². The van der Waals surface area contributed by atoms with Crippen LogP contribution in [-0.2, 0) is 0 Å². The molecule has 19 heavy (non-hydrogen) atoms. The Morgan fingerprint density at radius 1 is 0.737 bits per heavy atom. The molecule has 0 saturated heterocycles. The first-order chi connectivity index (χ1) is 9.27. The van der Waals surface area contributed by atoms with Crippen LogP contribution < -0.4 is 5.32 Å². The van der Waals surface area contributed by atoms with Crippen LogP contribution in [0.2, 0.25) is 0 Å². The lowest BCUT2D eigenvalue weighted by Gasteiger charge is -2.04. The molecule has 0 radical (unpaired) electrons. The Hall–Kier alpha value is 0.720. The van der Waals surface area contributed by atoms with Crippen LogP contribution in [0.3, 0.4) is 0 Å². The number of alkyl halides is 1. The normalized spacial score (nSPS) is 10.6. The molecule has 1 nitrogen and oxygen atoms in total. The number of rotatable bonds is 14. The largest absolute Gasteiger partial charge is 0.371 e. The minimum atomic E-state index is 0.621. The minimum absolute atomic E-state index is 0.621. The molecule has 0 spiro atoms. The highest BCUT2D eigenvalue weighted by Crippen LogP contribution is 2.12. The molecule has 0 aromatic heterocycles. The summed E-state index contributed by atoms with van der Waals surface area (Å²) >= 11 is 12.3. The maximum absolute atomic E-state index is 4.84. The molecule has 0 aliphatic carbocycles. The summed E-state index contributed by atoms with van der Waals surface area (Å²) in [6.07, 6.45) is 16.6. The minimum Gasteiger partial charge on any atom is -0.371 e. The SMILES string of the molecule is S=C(S)NCCCCCCCCCCCCCCBr. The number of hydrogen-bond acceptors (Lipinski definition) is 1. The van der Waals surface area contributed by atoms with E-state index in [1.807, 2.05) is 0 Å². The fourth-order valence-corrected chi connectivity index (χ4v) is 2.79. The summed E-state index contributed by atoms with van der Waals surface area (Å²) in [6.45, 7) is 0.983. The quantitative estimate of drug-likeness (QED) is 0.172. The van der Waals surface area contributed by atoms with Crippen molar-refractivity contribution < 1.29 is 0 Å². The Labute approximate surface area is 139 Å². The summed E-state index contributed by atoms with van der Waals surface area (Å²) in [5.74, 6) is 0. The number of thiol groups is 1. The molecule has 0 unspecified atom stereocenters. The molecule has 0 atom stereocenters. The van der Waals surface area contributed by atoms with Crippen molar-refractivity contribution in [3.8, 4) is 0 Å². The summed E-state index contributed by atoms with van der Waals surface area (Å²) in [6, 6.07) is 0. The van der Waals surface area contributed by atoms with E-state index in [1.54, 1.807) is 0 Å². The molecule has 0 aromatic rings. The highest BCUT2D eigenvalue weighted by atomic mass is 79.9. The fourth-order valence-electron chi connectivity index (χ4n) is 2.18. The van der Waals surface area contributed by atoms with Gasteiger partial charge in [0.2, 0.25) is 0 Å². The number of hydrogen-bond donors (Lipinski definition) is 2. The van der Waals surface area contributed by atoms with Gasteiger partial charge in [-0.2, -0.15) is 0 Å². The first kappa shape index (κ1) is 19.7. The summed E-state index contributed by atoms with van der Waals surface area (Å²) in [7, 11) is 0. The van der Waals surface area contributed by atoms with Crippen LogP contribution in [0.4, 0.5) is 0 Å². The van der Waals surface area contributed by atoms with Gasteiger partial charge >= 0.3 is 0 Å². The summed E-state index contributed by atoms with van der Waals surface area (Å²) in [5, 5.41) is 4.25. The second-order valence-electron chi connectivity index (χ2n) is 5.16. The molecule has 0 saturated carbocycles. The van der Waals surface area contributed by atoms with Crippen LogP contribution in [0.1, 0.15) is 77.0 Å². The van der Waals surface area contributed by atoms with Gasteiger partial charge in [0.15, 0.2) is 0 Å². The van der Waals surface area contributed by atoms with Gasteiger partial charge in [0, 0.05) is 11.9 Å². The van der Waals surface area contributed by atoms with Gasteiger partial charge < -0.3 is 5.32 Å². The molecular weight excluding hydrogens is 338 g/mol. The third-order valence-electron chi connectivity index (χ3n) is 3.34. The zero-order valence-corrected chi connectivity index (χ0v) is 15.4. The van der Waals surface area contributed by atoms with Gasteiger partial charge in [0.05, 0.1) is 0 Å². The summed E-state index contributed by atoms with van der Waals surface area (Å²) in [4.78, 5) is 0. The van der Waals surface area contributed by atoms with Gasteiger partial charge in [0.1, 0.15) is 4.32 Å². The Morgan fingerprint density at radius 3 is 1.47 bits per heavy atom. The molecule has 114 valence electrons. The van der Waals surface area contributed by atoms with Gasteiger partial charge in [-0.15, -0.1) is 12.6 Å². The molecule has 0 bridgehead atoms. The van der Waals surface area contributed by atoms with Crippen LogP contribution in [0.15, 0.2) is 0 Å². The van der Waals surface area contributed by atoms with Crippen LogP contribution in [0, 0.1) is 0 Å². The van der Waals surface area contributed by atoms with E-state index < -0.39 is 0 Å². The molecule has 4 heteroatoms. The standard InChI is InChI=1S/C15H30BrNS2/c16-13-11-9-7-5-3-1-2-4-6-8-10-12-14-17-15(18)19/h1-14H2,(H2,17,18,19). The first-order valence-corrected chi connectivity index (χ1v) is 9.78. The van der Waals surface area contributed by atoms with Crippen molar-refractivity contribution in [2.75, 3.05) is 11.9 Å². The zero-order valence-electron chi connectivity index (χ0n) is 12.1. The molecule has 0 aliphatic rings. The lowest BCUT2D eigenvalue weighted by molar-refractivity contribution is 0.544. The van der Waals surface area contributed by atoms with Crippen LogP contribution in [0.25, 0.3) is 0 Å². The van der Waals surface area contributed by atoms with Crippen molar-refractivity contribution in [1.82, 2.24) is 5.32 Å². The van der Waals surface area contributed by atoms with Crippen molar-refractivity contribution in [2.45, 2.75) is 77.0 Å². The Balaban J connectivity index is 2.93. The van der Waals surface area contributed by atoms with Gasteiger partial charge in [-0.25, -0.2) is 0 Å². The van der Waals surface area contributed by atoms with Crippen LogP contribution >= 0.6 is 40.8 Å². The average molecular weight is 368 g/mol. The lowest BCUT2D eigenvalue weighted by Crippen LogP contribution is -2.17. The zero-order chi connectivity index (χ0) is 14.2. The van der Waals surface area contributed by atoms with Crippen molar-refractivity contribution in [2.24, 2.45) is 0 Å². The van der Waals surface area contributed by atoms with E-state index >= 15 is 0 Å². The predicted octanol–water partition coefficient (Wildman–Crippen LogP) is 5.87. The first-order valence-electron chi connectivity index (χ1n) is 7.80. The maximum atomic E-state index is 4.84. The molecule has 0 aromatic carbocycles. The Morgan fingerprint density at radius 2 is 1.11 bits per heavy atom. The topological polar surface area (TPSA) is 12.0 Å². The summed E-state index contributed by atoms with van der Waals surface area (Å²) < 4.78 is 0.621. The van der Waals surface area contributed by atoms with Gasteiger partial charge in [-0.3, -0.25) is 0 Å². The molecule has 0 heterocycles. The van der Waals surface area contributed by atoms with Crippen LogP contribution in [-0.4, -0.2) is 16.2 Å². The Bertz CT molecular complexity index is 201. The molecule has 1 N–H and O–H groups in total. The van der Waals surface area contributed by atoms with Gasteiger partial charge in [-0.05, 0) is 12.8 Å². The smallest absolute Gasteiger partial charge is 0.130 e. The fraction of sp³-hybridized carbons (Fsp3) is 0.933. The van der Waals surface area contributed by atoms with Gasteiger partial charge in [0.25, 0.3) is 0 Å².